The van der Waals surface area contributed by atoms with Gasteiger partial charge in [0.1, 0.15) is 0 Å². The first-order valence-corrected chi connectivity index (χ1v) is 12.0. The monoisotopic (exact) mass is 468 g/mol. The number of hydrogen-bond acceptors (Lipinski definition) is 5. The Balaban J connectivity index is 1.26. The van der Waals surface area contributed by atoms with Crippen molar-refractivity contribution in [3.8, 4) is 11.3 Å². The Kier molecular flexibility index (Phi) is 6.57. The summed E-state index contributed by atoms with van der Waals surface area (Å²) in [6.07, 6.45) is 2.24. The van der Waals surface area contributed by atoms with Crippen molar-refractivity contribution in [3.05, 3.63) is 83.6 Å². The summed E-state index contributed by atoms with van der Waals surface area (Å²) in [7, 11) is 0. The first kappa shape index (κ1) is 22.8. The van der Waals surface area contributed by atoms with Crippen molar-refractivity contribution < 1.29 is 14.1 Å². The lowest BCUT2D eigenvalue weighted by Gasteiger charge is -2.35. The maximum atomic E-state index is 13.6. The predicted octanol–water partition coefficient (Wildman–Crippen LogP) is 4.51. The summed E-state index contributed by atoms with van der Waals surface area (Å²) in [6.45, 7) is 3.89. The quantitative estimate of drug-likeness (QED) is 0.416. The molecule has 1 aliphatic heterocycles. The molecule has 0 radical (unpaired) electrons. The van der Waals surface area contributed by atoms with Gasteiger partial charge in [-0.25, -0.2) is 4.98 Å². The second-order valence-electron chi connectivity index (χ2n) is 8.88. The molecule has 35 heavy (non-hydrogen) atoms. The molecule has 2 amide bonds. The zero-order chi connectivity index (χ0) is 24.2. The molecular weight excluding hydrogens is 440 g/mol. The lowest BCUT2D eigenvalue weighted by Crippen LogP contribution is -2.50. The van der Waals surface area contributed by atoms with Gasteiger partial charge in [0.25, 0.3) is 11.6 Å². The maximum Gasteiger partial charge on any atom is 0.259 e. The topological polar surface area (TPSA) is 79.5 Å². The number of aromatic nitrogens is 2. The number of piperazine rings is 1. The largest absolute Gasteiger partial charge is 0.339 e. The van der Waals surface area contributed by atoms with E-state index in [0.717, 1.165) is 18.4 Å². The van der Waals surface area contributed by atoms with Crippen LogP contribution in [0.25, 0.3) is 22.4 Å². The van der Waals surface area contributed by atoms with E-state index >= 15 is 0 Å². The van der Waals surface area contributed by atoms with Gasteiger partial charge in [0.05, 0.1) is 22.3 Å². The predicted molar refractivity (Wildman–Crippen MR) is 134 cm³/mol. The molecule has 0 spiro atoms. The number of hydrogen-bond donors (Lipinski definition) is 0. The summed E-state index contributed by atoms with van der Waals surface area (Å²) in [6, 6.07) is 21.8. The molecule has 3 heterocycles. The molecule has 0 unspecified atom stereocenters. The third-order valence-corrected chi connectivity index (χ3v) is 6.54. The number of rotatable bonds is 6. The van der Waals surface area contributed by atoms with Crippen LogP contribution in [-0.2, 0) is 11.2 Å². The molecule has 5 rings (SSSR count). The zero-order valence-electron chi connectivity index (χ0n) is 19.8. The Labute approximate surface area is 204 Å². The molecule has 2 aromatic carbocycles. The van der Waals surface area contributed by atoms with Crippen LogP contribution in [0, 0.1) is 6.92 Å². The second-order valence-corrected chi connectivity index (χ2v) is 8.88. The van der Waals surface area contributed by atoms with E-state index in [0.29, 0.717) is 60.7 Å². The Morgan fingerprint density at radius 3 is 2.29 bits per heavy atom. The number of carbonyl (C=O) groups is 2. The number of pyridine rings is 1. The standard InChI is InChI=1S/C28H28N4O3/c1-20-26-23(19-24(29-27(26)35-30-20)22-12-6-3-7-13-22)28(34)32-17-15-31(16-18-32)25(33)14-8-11-21-9-4-2-5-10-21/h2-7,9-10,12-13,19H,8,11,14-18H2,1H3. The van der Waals surface area contributed by atoms with E-state index in [1.54, 1.807) is 0 Å². The van der Waals surface area contributed by atoms with Crippen LogP contribution < -0.4 is 0 Å². The summed E-state index contributed by atoms with van der Waals surface area (Å²) in [4.78, 5) is 34.6. The molecule has 1 aliphatic rings. The van der Waals surface area contributed by atoms with Gasteiger partial charge >= 0.3 is 0 Å². The van der Waals surface area contributed by atoms with Crippen LogP contribution in [-0.4, -0.2) is 57.9 Å². The van der Waals surface area contributed by atoms with Gasteiger partial charge in [-0.2, -0.15) is 0 Å². The van der Waals surface area contributed by atoms with Gasteiger partial charge in [-0.05, 0) is 31.4 Å². The van der Waals surface area contributed by atoms with Gasteiger partial charge in [0.15, 0.2) is 0 Å². The second kappa shape index (κ2) is 10.1. The fourth-order valence-electron chi connectivity index (χ4n) is 4.60. The van der Waals surface area contributed by atoms with Crippen LogP contribution in [0.5, 0.6) is 0 Å². The Hall–Kier alpha value is -4.00. The SMILES string of the molecule is Cc1noc2nc(-c3ccccc3)cc(C(=O)N3CCN(C(=O)CCCc4ccccc4)CC3)c12. The van der Waals surface area contributed by atoms with Crippen molar-refractivity contribution in [1.29, 1.82) is 0 Å². The number of carbonyl (C=O) groups excluding carboxylic acids is 2. The number of fused-ring (bicyclic) bond motifs is 1. The molecule has 178 valence electrons. The molecule has 0 aliphatic carbocycles. The van der Waals surface area contributed by atoms with Gasteiger partial charge in [-0.15, -0.1) is 0 Å². The number of nitrogens with zero attached hydrogens (tertiary/aromatic N) is 4. The third kappa shape index (κ3) is 4.94. The van der Waals surface area contributed by atoms with E-state index in [2.05, 4.69) is 22.3 Å². The first-order valence-electron chi connectivity index (χ1n) is 12.0. The molecular formula is C28H28N4O3. The Morgan fingerprint density at radius 2 is 1.57 bits per heavy atom. The van der Waals surface area contributed by atoms with Crippen LogP contribution in [0.1, 0.15) is 34.5 Å². The van der Waals surface area contributed by atoms with Crippen molar-refractivity contribution in [2.75, 3.05) is 26.2 Å². The molecule has 0 saturated carbocycles. The van der Waals surface area contributed by atoms with Crippen LogP contribution in [0.15, 0.2) is 71.3 Å². The van der Waals surface area contributed by atoms with E-state index in [1.165, 1.54) is 5.56 Å². The van der Waals surface area contributed by atoms with Crippen molar-refractivity contribution in [3.63, 3.8) is 0 Å². The highest BCUT2D eigenvalue weighted by molar-refractivity contribution is 6.07. The van der Waals surface area contributed by atoms with E-state index < -0.39 is 0 Å². The molecule has 2 aromatic heterocycles. The Morgan fingerprint density at radius 1 is 0.914 bits per heavy atom. The lowest BCUT2D eigenvalue weighted by atomic mass is 10.0. The van der Waals surface area contributed by atoms with E-state index in [9.17, 15) is 9.59 Å². The average molecular weight is 469 g/mol. The minimum absolute atomic E-state index is 0.0861. The molecule has 0 bridgehead atoms. The van der Waals surface area contributed by atoms with Gasteiger partial charge in [-0.1, -0.05) is 65.8 Å². The molecule has 1 saturated heterocycles. The molecule has 7 nitrogen and oxygen atoms in total. The summed E-state index contributed by atoms with van der Waals surface area (Å²) < 4.78 is 5.42. The summed E-state index contributed by atoms with van der Waals surface area (Å²) >= 11 is 0. The summed E-state index contributed by atoms with van der Waals surface area (Å²) in [5.41, 5.74) is 4.36. The van der Waals surface area contributed by atoms with Crippen molar-refractivity contribution in [2.24, 2.45) is 0 Å². The van der Waals surface area contributed by atoms with Crippen LogP contribution >= 0.6 is 0 Å². The highest BCUT2D eigenvalue weighted by Crippen LogP contribution is 2.28. The average Bonchev–Trinajstić information content (AvgIpc) is 3.29. The number of amides is 2. The fourth-order valence-corrected chi connectivity index (χ4v) is 4.60. The van der Waals surface area contributed by atoms with E-state index in [1.807, 2.05) is 71.3 Å². The minimum atomic E-state index is -0.0861. The van der Waals surface area contributed by atoms with Gasteiger partial charge in [-0.3, -0.25) is 9.59 Å². The van der Waals surface area contributed by atoms with E-state index in [-0.39, 0.29) is 11.8 Å². The highest BCUT2D eigenvalue weighted by atomic mass is 16.5. The summed E-state index contributed by atoms with van der Waals surface area (Å²) in [5.74, 6) is 0.0673. The zero-order valence-corrected chi connectivity index (χ0v) is 19.8. The molecule has 4 aromatic rings. The fraction of sp³-hybridized carbons (Fsp3) is 0.286. The minimum Gasteiger partial charge on any atom is -0.339 e. The van der Waals surface area contributed by atoms with Crippen molar-refractivity contribution in [1.82, 2.24) is 19.9 Å². The highest BCUT2D eigenvalue weighted by Gasteiger charge is 2.28. The lowest BCUT2D eigenvalue weighted by molar-refractivity contribution is -0.132. The van der Waals surface area contributed by atoms with Gasteiger partial charge in [0, 0.05) is 38.2 Å². The molecule has 7 heteroatoms. The van der Waals surface area contributed by atoms with Crippen molar-refractivity contribution in [2.45, 2.75) is 26.2 Å². The molecule has 1 fully saturated rings. The van der Waals surface area contributed by atoms with Crippen LogP contribution in [0.2, 0.25) is 0 Å². The summed E-state index contributed by atoms with van der Waals surface area (Å²) in [5, 5.41) is 4.69. The van der Waals surface area contributed by atoms with Gasteiger partial charge in [0.2, 0.25) is 5.91 Å². The van der Waals surface area contributed by atoms with Crippen molar-refractivity contribution >= 4 is 22.9 Å². The van der Waals surface area contributed by atoms with Gasteiger partial charge < -0.3 is 14.3 Å². The smallest absolute Gasteiger partial charge is 0.259 e. The molecule has 0 atom stereocenters. The Bertz CT molecular complexity index is 1330. The van der Waals surface area contributed by atoms with E-state index in [4.69, 9.17) is 4.52 Å². The number of benzene rings is 2. The number of aryl methyl sites for hydroxylation is 2. The van der Waals surface area contributed by atoms with Crippen LogP contribution in [0.3, 0.4) is 0 Å². The van der Waals surface area contributed by atoms with Crippen LogP contribution in [0.4, 0.5) is 0 Å². The normalized spacial score (nSPS) is 13.9. The molecule has 0 N–H and O–H groups in total. The maximum absolute atomic E-state index is 13.6. The third-order valence-electron chi connectivity index (χ3n) is 6.54. The first-order chi connectivity index (χ1) is 17.1.